The van der Waals surface area contributed by atoms with E-state index in [0.717, 1.165) is 38.5 Å². The second kappa shape index (κ2) is 6.80. The van der Waals surface area contributed by atoms with E-state index in [0.29, 0.717) is 0 Å². The predicted octanol–water partition coefficient (Wildman–Crippen LogP) is 6.71. The monoisotopic (exact) mass is 452 g/mol. The van der Waals surface area contributed by atoms with Crippen LogP contribution in [0.4, 0.5) is 0 Å². The van der Waals surface area contributed by atoms with Gasteiger partial charge in [0.1, 0.15) is 11.2 Å². The number of benzene rings is 3. The Labute approximate surface area is 203 Å². The molecule has 3 heteroatoms. The van der Waals surface area contributed by atoms with E-state index in [4.69, 9.17) is 4.98 Å². The molecule has 4 atom stereocenters. The van der Waals surface area contributed by atoms with Gasteiger partial charge in [-0.1, -0.05) is 103 Å². The molecule has 0 spiro atoms. The number of fused-ring (bicyclic) bond motifs is 11. The Morgan fingerprint density at radius 2 is 1.29 bits per heavy atom. The fourth-order valence-corrected chi connectivity index (χ4v) is 7.12. The quantitative estimate of drug-likeness (QED) is 0.287. The molecule has 3 aliphatic rings. The zero-order valence-electron chi connectivity index (χ0n) is 19.1. The number of hydrogen-bond acceptors (Lipinski definition) is 2. The summed E-state index contributed by atoms with van der Waals surface area (Å²) in [4.78, 5) is 5.08. The van der Waals surface area contributed by atoms with Crippen molar-refractivity contribution in [3.63, 3.8) is 0 Å². The lowest BCUT2D eigenvalue weighted by atomic mass is 9.74. The summed E-state index contributed by atoms with van der Waals surface area (Å²) < 4.78 is 2.29. The number of imidazole rings is 1. The lowest BCUT2D eigenvalue weighted by molar-refractivity contribution is -0.0175. The number of hydrogen-bond donors (Lipinski definition) is 1. The third kappa shape index (κ3) is 2.36. The molecule has 0 saturated heterocycles. The number of nitrogens with zero attached hydrogens (tertiary/aromatic N) is 2. The fourth-order valence-electron chi connectivity index (χ4n) is 7.12. The number of aromatic nitrogens is 2. The number of para-hydroxylation sites is 3. The van der Waals surface area contributed by atoms with Crippen molar-refractivity contribution in [2.75, 3.05) is 0 Å². The normalized spacial score (nSPS) is 28.9. The first-order valence-electron chi connectivity index (χ1n) is 12.4. The highest BCUT2D eigenvalue weighted by molar-refractivity contribution is 6.14. The average molecular weight is 453 g/mol. The molecule has 2 heterocycles. The van der Waals surface area contributed by atoms with Crippen molar-refractivity contribution in [1.82, 2.24) is 9.38 Å². The molecule has 1 N–H and O–H groups in total. The molecule has 5 aromatic rings. The molecular weight excluding hydrogens is 428 g/mol. The van der Waals surface area contributed by atoms with Gasteiger partial charge in [-0.2, -0.15) is 0 Å². The SMILES string of the molecule is OC1(c2cccc3c4ccccc4c4nc5ccccc5n4c23)C2C=CC=CC2C2C=CC=CC21. The van der Waals surface area contributed by atoms with Gasteiger partial charge in [-0.05, 0) is 29.4 Å². The van der Waals surface area contributed by atoms with Crippen molar-refractivity contribution >= 4 is 38.4 Å². The van der Waals surface area contributed by atoms with Crippen LogP contribution in [0.3, 0.4) is 0 Å². The maximum Gasteiger partial charge on any atom is 0.146 e. The standard InChI is InChI=1S/C32H24N2O/c35-32(25-15-5-3-11-21(25)22-12-4-6-16-26(22)32)27-17-9-14-23-20-10-1-2-13-24(20)31-33-28-18-7-8-19-29(28)34(31)30(23)27/h1-19,21-22,25-26,35H. The first-order valence-corrected chi connectivity index (χ1v) is 12.4. The highest BCUT2D eigenvalue weighted by Gasteiger charge is 2.58. The highest BCUT2D eigenvalue weighted by Crippen LogP contribution is 2.59. The van der Waals surface area contributed by atoms with Crippen molar-refractivity contribution in [3.05, 3.63) is 121 Å². The molecule has 0 aliphatic heterocycles. The predicted molar refractivity (Wildman–Crippen MR) is 142 cm³/mol. The first-order chi connectivity index (χ1) is 17.3. The van der Waals surface area contributed by atoms with Gasteiger partial charge >= 0.3 is 0 Å². The molecule has 2 aromatic heterocycles. The topological polar surface area (TPSA) is 37.5 Å². The molecule has 1 fully saturated rings. The van der Waals surface area contributed by atoms with E-state index in [9.17, 15) is 5.11 Å². The van der Waals surface area contributed by atoms with E-state index >= 15 is 0 Å². The summed E-state index contributed by atoms with van der Waals surface area (Å²) in [6.07, 6.45) is 17.5. The molecule has 0 bridgehead atoms. The van der Waals surface area contributed by atoms with Crippen molar-refractivity contribution in [1.29, 1.82) is 0 Å². The minimum atomic E-state index is -1.04. The van der Waals surface area contributed by atoms with Gasteiger partial charge in [0.2, 0.25) is 0 Å². The van der Waals surface area contributed by atoms with Crippen LogP contribution in [0.1, 0.15) is 5.56 Å². The van der Waals surface area contributed by atoms with Gasteiger partial charge in [0.25, 0.3) is 0 Å². The number of pyridine rings is 1. The molecule has 8 rings (SSSR count). The van der Waals surface area contributed by atoms with Gasteiger partial charge in [-0.25, -0.2) is 4.98 Å². The second-order valence-electron chi connectivity index (χ2n) is 10.1. The van der Waals surface area contributed by atoms with Crippen LogP contribution in [0.2, 0.25) is 0 Å². The zero-order valence-corrected chi connectivity index (χ0v) is 19.1. The third-order valence-corrected chi connectivity index (χ3v) is 8.53. The Hall–Kier alpha value is -3.95. The van der Waals surface area contributed by atoms with Crippen LogP contribution in [-0.4, -0.2) is 14.5 Å². The number of rotatable bonds is 1. The van der Waals surface area contributed by atoms with Crippen molar-refractivity contribution in [2.24, 2.45) is 23.7 Å². The lowest BCUT2D eigenvalue weighted by Crippen LogP contribution is -2.38. The van der Waals surface area contributed by atoms with Crippen LogP contribution < -0.4 is 0 Å². The van der Waals surface area contributed by atoms with Gasteiger partial charge < -0.3 is 5.11 Å². The zero-order chi connectivity index (χ0) is 23.1. The van der Waals surface area contributed by atoms with Gasteiger partial charge in [-0.15, -0.1) is 0 Å². The van der Waals surface area contributed by atoms with E-state index in [-0.39, 0.29) is 23.7 Å². The smallest absolute Gasteiger partial charge is 0.146 e. The summed E-state index contributed by atoms with van der Waals surface area (Å²) in [7, 11) is 0. The first kappa shape index (κ1) is 19.4. The van der Waals surface area contributed by atoms with Gasteiger partial charge in [-0.3, -0.25) is 4.40 Å². The Kier molecular flexibility index (Phi) is 3.76. The maximum atomic E-state index is 12.9. The van der Waals surface area contributed by atoms with Crippen LogP contribution >= 0.6 is 0 Å². The fraction of sp³-hybridized carbons (Fsp3) is 0.156. The van der Waals surface area contributed by atoms with Crippen LogP contribution in [0.25, 0.3) is 38.4 Å². The van der Waals surface area contributed by atoms with E-state index in [2.05, 4.69) is 114 Å². The molecule has 3 aromatic carbocycles. The molecule has 0 amide bonds. The van der Waals surface area contributed by atoms with E-state index in [1.165, 1.54) is 5.39 Å². The minimum Gasteiger partial charge on any atom is -0.384 e. The Morgan fingerprint density at radius 1 is 0.657 bits per heavy atom. The second-order valence-corrected chi connectivity index (χ2v) is 10.1. The lowest BCUT2D eigenvalue weighted by Gasteiger charge is -2.36. The van der Waals surface area contributed by atoms with Crippen molar-refractivity contribution < 1.29 is 5.11 Å². The van der Waals surface area contributed by atoms with Crippen molar-refractivity contribution in [3.8, 4) is 0 Å². The summed E-state index contributed by atoms with van der Waals surface area (Å²) in [5.74, 6) is 0.525. The summed E-state index contributed by atoms with van der Waals surface area (Å²) in [6, 6.07) is 23.3. The average Bonchev–Trinajstić information content (AvgIpc) is 3.44. The van der Waals surface area contributed by atoms with Crippen LogP contribution in [0.5, 0.6) is 0 Å². The molecule has 3 nitrogen and oxygen atoms in total. The molecule has 1 saturated carbocycles. The van der Waals surface area contributed by atoms with Gasteiger partial charge in [0.05, 0.1) is 16.6 Å². The van der Waals surface area contributed by atoms with Crippen LogP contribution in [0, 0.1) is 23.7 Å². The maximum absolute atomic E-state index is 12.9. The Balaban J connectivity index is 1.57. The van der Waals surface area contributed by atoms with Crippen LogP contribution in [-0.2, 0) is 5.60 Å². The van der Waals surface area contributed by atoms with Crippen LogP contribution in [0.15, 0.2) is 115 Å². The summed E-state index contributed by atoms with van der Waals surface area (Å²) >= 11 is 0. The Bertz CT molecular complexity index is 1770. The van der Waals surface area contributed by atoms with Gasteiger partial charge in [0.15, 0.2) is 0 Å². The Morgan fingerprint density at radius 3 is 2.06 bits per heavy atom. The van der Waals surface area contributed by atoms with E-state index in [1.807, 2.05) is 6.07 Å². The molecule has 4 unspecified atom stereocenters. The summed E-state index contributed by atoms with van der Waals surface area (Å²) in [6.45, 7) is 0. The number of allylic oxidation sites excluding steroid dienone is 6. The van der Waals surface area contributed by atoms with E-state index < -0.39 is 5.60 Å². The summed E-state index contributed by atoms with van der Waals surface area (Å²) in [5.41, 5.74) is 3.97. The minimum absolute atomic E-state index is 0.00296. The molecule has 3 aliphatic carbocycles. The highest BCUT2D eigenvalue weighted by atomic mass is 16.3. The van der Waals surface area contributed by atoms with E-state index in [1.54, 1.807) is 0 Å². The molecule has 0 radical (unpaired) electrons. The number of aliphatic hydroxyl groups is 1. The summed E-state index contributed by atoms with van der Waals surface area (Å²) in [5, 5.41) is 16.3. The molecular formula is C32H24N2O. The third-order valence-electron chi connectivity index (χ3n) is 8.53. The van der Waals surface area contributed by atoms with Crippen molar-refractivity contribution in [2.45, 2.75) is 5.60 Å². The largest absolute Gasteiger partial charge is 0.384 e. The van der Waals surface area contributed by atoms with Gasteiger partial charge in [0, 0.05) is 28.2 Å². The molecule has 35 heavy (non-hydrogen) atoms. The molecule has 168 valence electrons.